The molecular weight excluding hydrogens is 252 g/mol. The number of aryl methyl sites for hydroxylation is 1. The molecule has 4 rings (SSSR count). The summed E-state index contributed by atoms with van der Waals surface area (Å²) in [6.07, 6.45) is 4.74. The second-order valence-electron chi connectivity index (χ2n) is 6.33. The molecule has 0 saturated heterocycles. The summed E-state index contributed by atoms with van der Waals surface area (Å²) in [7, 11) is 0. The van der Waals surface area contributed by atoms with Gasteiger partial charge in [-0.05, 0) is 61.3 Å². The average molecular weight is 270 g/mol. The van der Waals surface area contributed by atoms with Gasteiger partial charge in [0.05, 0.1) is 0 Å². The predicted octanol–water partition coefficient (Wildman–Crippen LogP) is 2.56. The van der Waals surface area contributed by atoms with Crippen molar-refractivity contribution in [3.8, 4) is 0 Å². The van der Waals surface area contributed by atoms with E-state index >= 15 is 0 Å². The largest absolute Gasteiger partial charge is 0.326 e. The topological polar surface area (TPSA) is 58.2 Å². The summed E-state index contributed by atoms with van der Waals surface area (Å²) in [6, 6.07) is 5.74. The Bertz CT molecular complexity index is 586. The smallest absolute Gasteiger partial charge is 0.227 e. The Labute approximate surface area is 117 Å². The first-order valence-corrected chi connectivity index (χ1v) is 7.42. The number of nitrogens with one attached hydrogen (secondary N) is 2. The van der Waals surface area contributed by atoms with Gasteiger partial charge in [-0.25, -0.2) is 0 Å². The molecule has 2 atom stereocenters. The average Bonchev–Trinajstić information content (AvgIpc) is 3.05. The van der Waals surface area contributed by atoms with Crippen LogP contribution < -0.4 is 10.6 Å². The summed E-state index contributed by atoms with van der Waals surface area (Å²) in [5.41, 5.74) is 2.84. The molecule has 0 spiro atoms. The third-order valence-corrected chi connectivity index (χ3v) is 4.88. The maximum atomic E-state index is 12.2. The Kier molecular flexibility index (Phi) is 2.59. The third kappa shape index (κ3) is 2.09. The minimum atomic E-state index is 0.0690. The van der Waals surface area contributed by atoms with Gasteiger partial charge >= 0.3 is 0 Å². The number of fused-ring (bicyclic) bond motifs is 2. The van der Waals surface area contributed by atoms with Crippen molar-refractivity contribution < 1.29 is 9.59 Å². The van der Waals surface area contributed by atoms with Gasteiger partial charge in [0, 0.05) is 23.7 Å². The number of hydrogen-bond acceptors (Lipinski definition) is 2. The van der Waals surface area contributed by atoms with Gasteiger partial charge in [0.15, 0.2) is 0 Å². The van der Waals surface area contributed by atoms with Crippen molar-refractivity contribution in [1.29, 1.82) is 0 Å². The molecule has 1 aromatic rings. The van der Waals surface area contributed by atoms with Gasteiger partial charge in [-0.15, -0.1) is 0 Å². The summed E-state index contributed by atoms with van der Waals surface area (Å²) in [5.74, 6) is 2.08. The minimum Gasteiger partial charge on any atom is -0.326 e. The molecule has 2 saturated carbocycles. The first-order chi connectivity index (χ1) is 9.69. The van der Waals surface area contributed by atoms with Crippen LogP contribution in [0.15, 0.2) is 18.2 Å². The molecule has 3 aliphatic rings. The fourth-order valence-corrected chi connectivity index (χ4v) is 3.63. The molecule has 1 heterocycles. The Morgan fingerprint density at radius 1 is 1.15 bits per heavy atom. The van der Waals surface area contributed by atoms with E-state index in [1.807, 2.05) is 18.2 Å². The van der Waals surface area contributed by atoms with Crippen LogP contribution in [0.1, 0.15) is 31.2 Å². The van der Waals surface area contributed by atoms with Gasteiger partial charge in [0.2, 0.25) is 11.8 Å². The second-order valence-corrected chi connectivity index (χ2v) is 6.33. The molecule has 2 fully saturated rings. The van der Waals surface area contributed by atoms with Crippen LogP contribution in [-0.2, 0) is 16.0 Å². The molecular formula is C16H18N2O2. The maximum absolute atomic E-state index is 12.2. The molecule has 0 radical (unpaired) electrons. The number of benzene rings is 1. The van der Waals surface area contributed by atoms with Gasteiger partial charge in [-0.2, -0.15) is 0 Å². The van der Waals surface area contributed by atoms with Gasteiger partial charge in [0.1, 0.15) is 0 Å². The highest BCUT2D eigenvalue weighted by molar-refractivity contribution is 5.96. The van der Waals surface area contributed by atoms with E-state index in [1.54, 1.807) is 0 Å². The zero-order valence-electron chi connectivity index (χ0n) is 11.3. The van der Waals surface area contributed by atoms with Crippen molar-refractivity contribution in [2.24, 2.45) is 17.8 Å². The van der Waals surface area contributed by atoms with Crippen molar-refractivity contribution >= 4 is 23.2 Å². The molecule has 2 aliphatic carbocycles. The van der Waals surface area contributed by atoms with Crippen molar-refractivity contribution in [2.75, 3.05) is 10.6 Å². The lowest BCUT2D eigenvalue weighted by Gasteiger charge is -2.18. The summed E-state index contributed by atoms with van der Waals surface area (Å²) in [4.78, 5) is 23.5. The van der Waals surface area contributed by atoms with Crippen LogP contribution in [-0.4, -0.2) is 11.8 Å². The Morgan fingerprint density at radius 3 is 2.75 bits per heavy atom. The molecule has 4 nitrogen and oxygen atoms in total. The summed E-state index contributed by atoms with van der Waals surface area (Å²) < 4.78 is 0. The Balaban J connectivity index is 1.46. The van der Waals surface area contributed by atoms with Gasteiger partial charge in [-0.3, -0.25) is 9.59 Å². The van der Waals surface area contributed by atoms with E-state index in [9.17, 15) is 9.59 Å². The van der Waals surface area contributed by atoms with Crippen LogP contribution >= 0.6 is 0 Å². The van der Waals surface area contributed by atoms with Crippen molar-refractivity contribution in [1.82, 2.24) is 0 Å². The third-order valence-electron chi connectivity index (χ3n) is 4.88. The number of hydrogen-bond donors (Lipinski definition) is 2. The molecule has 0 bridgehead atoms. The molecule has 104 valence electrons. The molecule has 20 heavy (non-hydrogen) atoms. The van der Waals surface area contributed by atoms with Crippen LogP contribution in [0.5, 0.6) is 0 Å². The van der Waals surface area contributed by atoms with Crippen LogP contribution in [0.3, 0.4) is 0 Å². The van der Waals surface area contributed by atoms with E-state index in [0.29, 0.717) is 6.42 Å². The lowest BCUT2D eigenvalue weighted by atomic mass is 10.0. The first-order valence-electron chi connectivity index (χ1n) is 7.42. The molecule has 0 aromatic heterocycles. The van der Waals surface area contributed by atoms with Gasteiger partial charge < -0.3 is 10.6 Å². The number of anilines is 2. The zero-order valence-corrected chi connectivity index (χ0v) is 11.3. The fraction of sp³-hybridized carbons (Fsp3) is 0.500. The maximum Gasteiger partial charge on any atom is 0.227 e. The molecule has 1 aromatic carbocycles. The van der Waals surface area contributed by atoms with Crippen LogP contribution in [0.2, 0.25) is 0 Å². The molecule has 4 heteroatoms. The van der Waals surface area contributed by atoms with Crippen LogP contribution in [0, 0.1) is 17.8 Å². The predicted molar refractivity (Wildman–Crippen MR) is 76.3 cm³/mol. The highest BCUT2D eigenvalue weighted by Gasteiger charge is 2.47. The van der Waals surface area contributed by atoms with Gasteiger partial charge in [0.25, 0.3) is 0 Å². The second kappa shape index (κ2) is 4.33. The van der Waals surface area contributed by atoms with Crippen molar-refractivity contribution in [2.45, 2.75) is 32.1 Å². The number of carbonyl (C=O) groups is 2. The van der Waals surface area contributed by atoms with E-state index in [1.165, 1.54) is 6.42 Å². The Hall–Kier alpha value is -1.84. The summed E-state index contributed by atoms with van der Waals surface area (Å²) >= 11 is 0. The number of carbonyl (C=O) groups excluding carboxylic acids is 2. The van der Waals surface area contributed by atoms with E-state index in [-0.39, 0.29) is 17.7 Å². The molecule has 2 N–H and O–H groups in total. The first kappa shape index (κ1) is 11.9. The molecule has 1 aliphatic heterocycles. The molecule has 2 amide bonds. The fourth-order valence-electron chi connectivity index (χ4n) is 3.63. The van der Waals surface area contributed by atoms with Crippen LogP contribution in [0.25, 0.3) is 0 Å². The minimum absolute atomic E-state index is 0.0690. The van der Waals surface area contributed by atoms with E-state index < -0.39 is 0 Å². The standard InChI is InChI=1S/C16H18N2O2/c19-15-4-1-9-8-13(2-3-14(9)18-15)17-16(20)12-6-10-5-11(10)7-12/h2-3,8,10-12H,1,4-7H2,(H,17,20)(H,18,19). The molecule has 2 unspecified atom stereocenters. The highest BCUT2D eigenvalue weighted by atomic mass is 16.2. The lowest BCUT2D eigenvalue weighted by molar-refractivity contribution is -0.120. The quantitative estimate of drug-likeness (QED) is 0.867. The Morgan fingerprint density at radius 2 is 1.95 bits per heavy atom. The normalized spacial score (nSPS) is 30.2. The summed E-state index contributed by atoms with van der Waals surface area (Å²) in [5, 5.41) is 5.89. The highest BCUT2D eigenvalue weighted by Crippen LogP contribution is 2.54. The van der Waals surface area contributed by atoms with E-state index in [4.69, 9.17) is 0 Å². The summed E-state index contributed by atoms with van der Waals surface area (Å²) in [6.45, 7) is 0. The number of amides is 2. The van der Waals surface area contributed by atoms with E-state index in [2.05, 4.69) is 10.6 Å². The van der Waals surface area contributed by atoms with E-state index in [0.717, 1.165) is 48.0 Å². The van der Waals surface area contributed by atoms with Crippen molar-refractivity contribution in [3.63, 3.8) is 0 Å². The number of rotatable bonds is 2. The SMILES string of the molecule is O=C1CCc2cc(NC(=O)C3CC4CC4C3)ccc2N1. The lowest BCUT2D eigenvalue weighted by Crippen LogP contribution is -2.22. The van der Waals surface area contributed by atoms with Crippen molar-refractivity contribution in [3.05, 3.63) is 23.8 Å². The zero-order chi connectivity index (χ0) is 13.7. The monoisotopic (exact) mass is 270 g/mol. The van der Waals surface area contributed by atoms with Crippen LogP contribution in [0.4, 0.5) is 11.4 Å². The van der Waals surface area contributed by atoms with Gasteiger partial charge in [-0.1, -0.05) is 0 Å².